The van der Waals surface area contributed by atoms with Crippen LogP contribution in [0.15, 0.2) is 16.5 Å². The predicted molar refractivity (Wildman–Crippen MR) is 67.4 cm³/mol. The summed E-state index contributed by atoms with van der Waals surface area (Å²) in [6.45, 7) is 5.23. The quantitative estimate of drug-likeness (QED) is 0.866. The molecule has 0 aromatic carbocycles. The average Bonchev–Trinajstić information content (AvgIpc) is 2.77. The van der Waals surface area contributed by atoms with Crippen LogP contribution in [0.3, 0.4) is 0 Å². The maximum absolute atomic E-state index is 11.8. The summed E-state index contributed by atoms with van der Waals surface area (Å²) in [6, 6.07) is 3.71. The molecule has 0 saturated carbocycles. The second-order valence-corrected chi connectivity index (χ2v) is 4.67. The number of urea groups is 1. The Hall–Kier alpha value is -1.49. The van der Waals surface area contributed by atoms with E-state index in [0.717, 1.165) is 37.6 Å². The van der Waals surface area contributed by atoms with E-state index < -0.39 is 0 Å². The van der Waals surface area contributed by atoms with Crippen LogP contribution in [-0.4, -0.2) is 25.3 Å². The molecule has 2 amide bonds. The van der Waals surface area contributed by atoms with Gasteiger partial charge in [0.15, 0.2) is 0 Å². The van der Waals surface area contributed by atoms with Gasteiger partial charge in [-0.15, -0.1) is 0 Å². The Labute approximate surface area is 107 Å². The Balaban J connectivity index is 1.79. The maximum atomic E-state index is 11.8. The van der Waals surface area contributed by atoms with Crippen LogP contribution in [0.1, 0.15) is 37.3 Å². The summed E-state index contributed by atoms with van der Waals surface area (Å²) in [5.74, 6) is 1.62. The minimum absolute atomic E-state index is 0.126. The molecule has 0 unspecified atom stereocenters. The highest BCUT2D eigenvalue weighted by Crippen LogP contribution is 2.15. The number of rotatable bonds is 3. The van der Waals surface area contributed by atoms with Crippen molar-refractivity contribution in [3.63, 3.8) is 0 Å². The van der Waals surface area contributed by atoms with Crippen molar-refractivity contribution >= 4 is 6.03 Å². The number of carbonyl (C=O) groups excluding carboxylic acids is 1. The van der Waals surface area contributed by atoms with E-state index in [1.807, 2.05) is 26.0 Å². The molecular formula is C13H20N2O3. The van der Waals surface area contributed by atoms with E-state index in [1.165, 1.54) is 0 Å². The van der Waals surface area contributed by atoms with Gasteiger partial charge >= 0.3 is 6.03 Å². The van der Waals surface area contributed by atoms with Crippen LogP contribution in [0.4, 0.5) is 4.79 Å². The largest absolute Gasteiger partial charge is 0.464 e. The van der Waals surface area contributed by atoms with Crippen LogP contribution in [0.2, 0.25) is 0 Å². The minimum Gasteiger partial charge on any atom is -0.464 e. The van der Waals surface area contributed by atoms with Crippen molar-refractivity contribution in [3.05, 3.63) is 23.7 Å². The molecule has 1 aromatic rings. The summed E-state index contributed by atoms with van der Waals surface area (Å²) in [5, 5.41) is 5.83. The molecule has 1 fully saturated rings. The summed E-state index contributed by atoms with van der Waals surface area (Å²) in [4.78, 5) is 11.8. The Morgan fingerprint density at radius 3 is 2.72 bits per heavy atom. The molecule has 1 saturated heterocycles. The molecule has 5 heteroatoms. The molecule has 2 rings (SSSR count). The molecule has 0 radical (unpaired) electrons. The molecule has 1 aliphatic rings. The summed E-state index contributed by atoms with van der Waals surface area (Å²) >= 11 is 0. The van der Waals surface area contributed by atoms with Gasteiger partial charge in [-0.3, -0.25) is 0 Å². The summed E-state index contributed by atoms with van der Waals surface area (Å²) < 4.78 is 10.7. The van der Waals surface area contributed by atoms with Crippen molar-refractivity contribution in [1.82, 2.24) is 10.6 Å². The van der Waals surface area contributed by atoms with Crippen LogP contribution >= 0.6 is 0 Å². The Morgan fingerprint density at radius 1 is 1.39 bits per heavy atom. The number of hydrogen-bond acceptors (Lipinski definition) is 3. The van der Waals surface area contributed by atoms with Crippen LogP contribution in [0, 0.1) is 6.92 Å². The number of nitrogens with one attached hydrogen (secondary N) is 2. The number of amides is 2. The van der Waals surface area contributed by atoms with E-state index in [4.69, 9.17) is 9.15 Å². The molecule has 1 aliphatic heterocycles. The Morgan fingerprint density at radius 2 is 2.11 bits per heavy atom. The second kappa shape index (κ2) is 5.91. The van der Waals surface area contributed by atoms with Gasteiger partial charge in [-0.25, -0.2) is 4.79 Å². The van der Waals surface area contributed by atoms with Crippen molar-refractivity contribution in [2.24, 2.45) is 0 Å². The van der Waals surface area contributed by atoms with Crippen LogP contribution in [0.5, 0.6) is 0 Å². The molecular weight excluding hydrogens is 232 g/mol. The van der Waals surface area contributed by atoms with Gasteiger partial charge in [0.2, 0.25) is 0 Å². The van der Waals surface area contributed by atoms with Crippen molar-refractivity contribution < 1.29 is 13.9 Å². The first-order chi connectivity index (χ1) is 8.65. The molecule has 0 aliphatic carbocycles. The van der Waals surface area contributed by atoms with Gasteiger partial charge in [-0.1, -0.05) is 0 Å². The SMILES string of the molecule is Cc1ccc([C@@H](C)NC(=O)NC2CCOCC2)o1. The zero-order valence-corrected chi connectivity index (χ0v) is 10.9. The number of ether oxygens (including phenoxy) is 1. The lowest BCUT2D eigenvalue weighted by Crippen LogP contribution is -2.45. The highest BCUT2D eigenvalue weighted by atomic mass is 16.5. The normalized spacial score (nSPS) is 18.3. The maximum Gasteiger partial charge on any atom is 0.315 e. The van der Waals surface area contributed by atoms with Crippen molar-refractivity contribution in [2.75, 3.05) is 13.2 Å². The second-order valence-electron chi connectivity index (χ2n) is 4.67. The fraction of sp³-hybridized carbons (Fsp3) is 0.615. The molecule has 0 bridgehead atoms. The monoisotopic (exact) mass is 252 g/mol. The lowest BCUT2D eigenvalue weighted by atomic mass is 10.1. The first-order valence-electron chi connectivity index (χ1n) is 6.36. The van der Waals surface area contributed by atoms with Gasteiger partial charge in [0, 0.05) is 19.3 Å². The van der Waals surface area contributed by atoms with Gasteiger partial charge in [0.25, 0.3) is 0 Å². The van der Waals surface area contributed by atoms with E-state index in [1.54, 1.807) is 0 Å². The zero-order valence-electron chi connectivity index (χ0n) is 10.9. The van der Waals surface area contributed by atoms with Crippen LogP contribution in [0.25, 0.3) is 0 Å². The number of aryl methyl sites for hydroxylation is 1. The molecule has 1 atom stereocenters. The molecule has 5 nitrogen and oxygen atoms in total. The fourth-order valence-electron chi connectivity index (χ4n) is 2.02. The van der Waals surface area contributed by atoms with Crippen molar-refractivity contribution in [3.8, 4) is 0 Å². The highest BCUT2D eigenvalue weighted by molar-refractivity contribution is 5.74. The van der Waals surface area contributed by atoms with Gasteiger partial charge in [0.05, 0.1) is 6.04 Å². The third-order valence-electron chi connectivity index (χ3n) is 3.09. The van der Waals surface area contributed by atoms with Crippen molar-refractivity contribution in [2.45, 2.75) is 38.8 Å². The summed E-state index contributed by atoms with van der Waals surface area (Å²) in [7, 11) is 0. The molecule has 0 spiro atoms. The van der Waals surface area contributed by atoms with E-state index >= 15 is 0 Å². The molecule has 2 heterocycles. The number of carbonyl (C=O) groups is 1. The molecule has 2 N–H and O–H groups in total. The number of furan rings is 1. The smallest absolute Gasteiger partial charge is 0.315 e. The fourth-order valence-corrected chi connectivity index (χ4v) is 2.02. The molecule has 100 valence electrons. The Kier molecular flexibility index (Phi) is 4.25. The minimum atomic E-state index is -0.150. The zero-order chi connectivity index (χ0) is 13.0. The first-order valence-corrected chi connectivity index (χ1v) is 6.36. The predicted octanol–water partition coefficient (Wildman–Crippen LogP) is 2.13. The van der Waals surface area contributed by atoms with Crippen LogP contribution < -0.4 is 10.6 Å². The van der Waals surface area contributed by atoms with E-state index in [2.05, 4.69) is 10.6 Å². The van der Waals surface area contributed by atoms with Crippen LogP contribution in [-0.2, 0) is 4.74 Å². The van der Waals surface area contributed by atoms with E-state index in [9.17, 15) is 4.79 Å². The molecule has 1 aromatic heterocycles. The third-order valence-corrected chi connectivity index (χ3v) is 3.09. The van der Waals surface area contributed by atoms with Gasteiger partial charge < -0.3 is 19.8 Å². The van der Waals surface area contributed by atoms with Crippen molar-refractivity contribution in [1.29, 1.82) is 0 Å². The molecule has 18 heavy (non-hydrogen) atoms. The average molecular weight is 252 g/mol. The lowest BCUT2D eigenvalue weighted by Gasteiger charge is -2.24. The van der Waals surface area contributed by atoms with Gasteiger partial charge in [0.1, 0.15) is 11.5 Å². The van der Waals surface area contributed by atoms with E-state index in [0.29, 0.717) is 0 Å². The number of hydrogen-bond donors (Lipinski definition) is 2. The van der Waals surface area contributed by atoms with E-state index in [-0.39, 0.29) is 18.1 Å². The van der Waals surface area contributed by atoms with Gasteiger partial charge in [-0.2, -0.15) is 0 Å². The van der Waals surface area contributed by atoms with Gasteiger partial charge in [-0.05, 0) is 38.8 Å². The summed E-state index contributed by atoms with van der Waals surface area (Å²) in [5.41, 5.74) is 0. The highest BCUT2D eigenvalue weighted by Gasteiger charge is 2.18. The first kappa shape index (κ1) is 13.0. The standard InChI is InChI=1S/C13H20N2O3/c1-9-3-4-12(18-9)10(2)14-13(16)15-11-5-7-17-8-6-11/h3-4,10-11H,5-8H2,1-2H3,(H2,14,15,16)/t10-/m1/s1. The topological polar surface area (TPSA) is 63.5 Å². The Bertz CT molecular complexity index is 397. The third kappa shape index (κ3) is 3.50. The lowest BCUT2D eigenvalue weighted by molar-refractivity contribution is 0.0799. The summed E-state index contributed by atoms with van der Waals surface area (Å²) in [6.07, 6.45) is 1.75.